The molecule has 0 amide bonds. The van der Waals surface area contributed by atoms with Crippen molar-refractivity contribution in [2.45, 2.75) is 6.54 Å². The molecule has 0 atom stereocenters. The first-order valence-corrected chi connectivity index (χ1v) is 20.6. The van der Waals surface area contributed by atoms with E-state index in [0.717, 1.165) is 22.0 Å². The lowest BCUT2D eigenvalue weighted by atomic mass is 9.12. The second-order valence-electron chi connectivity index (χ2n) is 15.9. The normalized spacial score (nSPS) is 11.6. The molecule has 0 bridgehead atoms. The van der Waals surface area contributed by atoms with Crippen molar-refractivity contribution in [1.82, 2.24) is 4.98 Å². The maximum Gasteiger partial charge on any atom is 0.232 e. The first-order valence-electron chi connectivity index (χ1n) is 20.6. The van der Waals surface area contributed by atoms with Gasteiger partial charge in [0.1, 0.15) is 52.7 Å². The maximum absolute atomic E-state index is 15.4. The van der Waals surface area contributed by atoms with E-state index in [9.17, 15) is 57.5 Å². The van der Waals surface area contributed by atoms with E-state index in [4.69, 9.17) is 0 Å². The first kappa shape index (κ1) is 52.0. The minimum absolute atomic E-state index is 0.0765. The third kappa shape index (κ3) is 8.02. The number of aromatic nitrogens is 2. The van der Waals surface area contributed by atoms with Gasteiger partial charge in [0.2, 0.25) is 18.0 Å². The van der Waals surface area contributed by atoms with E-state index in [1.54, 1.807) is 6.20 Å². The van der Waals surface area contributed by atoms with Crippen LogP contribution in [-0.4, -0.2) is 16.9 Å². The zero-order chi connectivity index (χ0) is 54.0. The molecule has 3 nitrogen and oxygen atoms in total. The third-order valence-electron chi connectivity index (χ3n) is 12.0. The number of halogens is 20. The lowest BCUT2D eigenvalue weighted by Crippen LogP contribution is -2.81. The van der Waals surface area contributed by atoms with Crippen LogP contribution in [0.1, 0.15) is 10.4 Å². The van der Waals surface area contributed by atoms with Crippen LogP contribution in [0.5, 0.6) is 0 Å². The lowest BCUT2D eigenvalue weighted by Gasteiger charge is -2.44. The SMILES string of the molecule is Fc1c(F)c(F)c([B-](c2c(F)c(F)c(F)c(F)c2F)(c2c(F)c(F)c(F)c(F)c2F)c2c(F)c(F)c(F)c(F)c2F)c(F)c1F.O=C(C[n+]1ccncc1-c1c2ccccc2cc2ccccc12)c1ccccc1. The van der Waals surface area contributed by atoms with Gasteiger partial charge in [0, 0.05) is 5.56 Å². The van der Waals surface area contributed by atoms with Crippen LogP contribution in [0, 0.1) is 116 Å². The van der Waals surface area contributed by atoms with Gasteiger partial charge in [0.25, 0.3) is 0 Å². The molecule has 0 saturated carbocycles. The van der Waals surface area contributed by atoms with Crippen molar-refractivity contribution in [3.63, 3.8) is 0 Å². The van der Waals surface area contributed by atoms with Crippen LogP contribution in [0.2, 0.25) is 0 Å². The number of hydrogen-bond donors (Lipinski definition) is 0. The fraction of sp³-hybridized carbons (Fsp3) is 0.0200. The topological polar surface area (TPSA) is 33.8 Å². The Labute approximate surface area is 400 Å². The van der Waals surface area contributed by atoms with Crippen molar-refractivity contribution < 1.29 is 97.2 Å². The Balaban J connectivity index is 0.000000215. The van der Waals surface area contributed by atoms with Gasteiger partial charge in [-0.05, 0) is 27.6 Å². The molecule has 0 saturated heterocycles. The Morgan fingerprint density at radius 3 is 1.03 bits per heavy atom. The summed E-state index contributed by atoms with van der Waals surface area (Å²) in [6, 6.07) is 28.4. The van der Waals surface area contributed by atoms with Crippen molar-refractivity contribution in [2.75, 3.05) is 0 Å². The summed E-state index contributed by atoms with van der Waals surface area (Å²) in [5, 5.41) is 4.65. The van der Waals surface area contributed by atoms with Crippen molar-refractivity contribution in [2.24, 2.45) is 0 Å². The standard InChI is InChI=1S/C26H19N2O.C24BF20/c29-25(19-8-2-1-3-9-19)18-28-15-14-27-17-24(28)26-22-12-6-4-10-20(22)16-21-11-5-7-13-23(21)26;26-5-1(6(27)14(35)21(42)13(5)34)25(2-7(28)15(36)22(43)16(37)8(2)29,3-9(30)17(38)23(44)18(39)10(3)31)4-11(32)19(40)24(45)20(41)12(4)33/h1-17H,18H2;/q+1;-1. The number of ketones is 1. The summed E-state index contributed by atoms with van der Waals surface area (Å²) in [6.45, 7) is 0.263. The largest absolute Gasteiger partial charge is 0.287 e. The summed E-state index contributed by atoms with van der Waals surface area (Å²) >= 11 is 0. The summed E-state index contributed by atoms with van der Waals surface area (Å²) in [7, 11) is 0. The number of Topliss-reactive ketones (excluding diaryl/α,β-unsaturated/α-hetero) is 1. The first-order chi connectivity index (χ1) is 35.0. The van der Waals surface area contributed by atoms with E-state index in [-0.39, 0.29) is 12.3 Å². The highest BCUT2D eigenvalue weighted by Gasteiger charge is 2.52. The molecule has 9 rings (SSSR count). The smallest absolute Gasteiger partial charge is 0.232 e. The molecule has 1 heterocycles. The molecule has 0 N–H and O–H groups in total. The van der Waals surface area contributed by atoms with E-state index in [0.29, 0.717) is 5.56 Å². The summed E-state index contributed by atoms with van der Waals surface area (Å²) in [5.74, 6) is -71.3. The predicted octanol–water partition coefficient (Wildman–Crippen LogP) is 11.1. The van der Waals surface area contributed by atoms with Gasteiger partial charge in [-0.15, -0.1) is 21.9 Å². The molecule has 0 aliphatic rings. The molecule has 1 aromatic heterocycles. The van der Waals surface area contributed by atoms with E-state index >= 15 is 35.1 Å². The second-order valence-corrected chi connectivity index (χ2v) is 15.9. The van der Waals surface area contributed by atoms with Crippen LogP contribution in [0.4, 0.5) is 87.8 Å². The van der Waals surface area contributed by atoms with E-state index in [1.807, 2.05) is 47.3 Å². The number of fused-ring (bicyclic) bond motifs is 2. The molecular formula is C50H19BF20N2O. The monoisotopic (exact) mass is 1050 g/mol. The van der Waals surface area contributed by atoms with Crippen molar-refractivity contribution in [3.05, 3.63) is 225 Å². The fourth-order valence-corrected chi connectivity index (χ4v) is 8.77. The molecule has 0 aliphatic carbocycles. The lowest BCUT2D eigenvalue weighted by molar-refractivity contribution is -0.672. The van der Waals surface area contributed by atoms with E-state index in [2.05, 4.69) is 59.6 Å². The molecule has 0 fully saturated rings. The predicted molar refractivity (Wildman–Crippen MR) is 225 cm³/mol. The van der Waals surface area contributed by atoms with Crippen LogP contribution in [0.15, 0.2) is 104 Å². The molecule has 24 heteroatoms. The van der Waals surface area contributed by atoms with Crippen LogP contribution < -0.4 is 26.4 Å². The highest BCUT2D eigenvalue weighted by molar-refractivity contribution is 7.20. The Morgan fingerprint density at radius 2 is 0.689 bits per heavy atom. The van der Waals surface area contributed by atoms with Crippen LogP contribution >= 0.6 is 0 Å². The second kappa shape index (κ2) is 19.6. The van der Waals surface area contributed by atoms with Crippen molar-refractivity contribution in [3.8, 4) is 11.3 Å². The average molecular weight is 1050 g/mol. The molecule has 9 aromatic rings. The van der Waals surface area contributed by atoms with Crippen LogP contribution in [0.3, 0.4) is 0 Å². The molecule has 8 aromatic carbocycles. The molecule has 74 heavy (non-hydrogen) atoms. The van der Waals surface area contributed by atoms with Gasteiger partial charge in [0.05, 0.1) is 18.0 Å². The minimum atomic E-state index is -7.22. The average Bonchev–Trinajstić information content (AvgIpc) is 3.40. The highest BCUT2D eigenvalue weighted by atomic mass is 19.2. The fourth-order valence-electron chi connectivity index (χ4n) is 8.77. The number of carbonyl (C=O) groups excluding carboxylic acids is 1. The van der Waals surface area contributed by atoms with E-state index in [1.165, 1.54) is 10.8 Å². The molecule has 0 aliphatic heterocycles. The summed E-state index contributed by atoms with van der Waals surface area (Å²) < 4.78 is 296. The number of hydrogen-bond acceptors (Lipinski definition) is 2. The van der Waals surface area contributed by atoms with Gasteiger partial charge < -0.3 is 0 Å². The van der Waals surface area contributed by atoms with Gasteiger partial charge in [-0.25, -0.2) is 87.8 Å². The summed E-state index contributed by atoms with van der Waals surface area (Å²) in [5.41, 5.74) is -11.6. The Kier molecular flexibility index (Phi) is 13.8. The highest BCUT2D eigenvalue weighted by Crippen LogP contribution is 2.35. The van der Waals surface area contributed by atoms with Gasteiger partial charge in [-0.3, -0.25) is 9.78 Å². The minimum Gasteiger partial charge on any atom is -0.287 e. The number of nitrogens with zero attached hydrogens (tertiary/aromatic N) is 2. The van der Waals surface area contributed by atoms with Crippen LogP contribution in [0.25, 0.3) is 32.8 Å². The number of benzene rings is 8. The van der Waals surface area contributed by atoms with Crippen molar-refractivity contribution in [1.29, 1.82) is 0 Å². The summed E-state index contributed by atoms with van der Waals surface area (Å²) in [6.07, 6.45) is -1.75. The molecule has 378 valence electrons. The zero-order valence-corrected chi connectivity index (χ0v) is 36.0. The van der Waals surface area contributed by atoms with Gasteiger partial charge in [-0.1, -0.05) is 78.9 Å². The molecule has 0 spiro atoms. The molecular weight excluding hydrogens is 1040 g/mol. The Hall–Kier alpha value is -8.31. The third-order valence-corrected chi connectivity index (χ3v) is 12.0. The molecule has 0 radical (unpaired) electrons. The maximum atomic E-state index is 15.4. The van der Waals surface area contributed by atoms with Crippen molar-refractivity contribution >= 4 is 55.3 Å². The van der Waals surface area contributed by atoms with E-state index < -0.39 is 144 Å². The molecule has 0 unspecified atom stereocenters. The van der Waals surface area contributed by atoms with Gasteiger partial charge in [0.15, 0.2) is 76.0 Å². The zero-order valence-electron chi connectivity index (χ0n) is 36.0. The van der Waals surface area contributed by atoms with Crippen LogP contribution in [-0.2, 0) is 6.54 Å². The van der Waals surface area contributed by atoms with Gasteiger partial charge in [-0.2, -0.15) is 4.57 Å². The van der Waals surface area contributed by atoms with Gasteiger partial charge >= 0.3 is 0 Å². The Bertz CT molecular complexity index is 3370. The number of rotatable bonds is 8. The number of carbonyl (C=O) groups is 1. The summed E-state index contributed by atoms with van der Waals surface area (Å²) in [4.78, 5) is 17.3. The Morgan fingerprint density at radius 1 is 0.392 bits per heavy atom. The quantitative estimate of drug-likeness (QED) is 0.0289.